The summed E-state index contributed by atoms with van der Waals surface area (Å²) in [6, 6.07) is 15.9. The quantitative estimate of drug-likeness (QED) is 0.494. The minimum absolute atomic E-state index is 0.823. The molecule has 5 heteroatoms. The summed E-state index contributed by atoms with van der Waals surface area (Å²) in [6.07, 6.45) is 3.69. The largest absolute Gasteiger partial charge is 0.307 e. The molecule has 2 aromatic heterocycles. The zero-order chi connectivity index (χ0) is 17.4. The Morgan fingerprint density at radius 2 is 1.04 bits per heavy atom. The molecule has 2 aromatic carbocycles. The molecule has 2 heterocycles. The van der Waals surface area contributed by atoms with E-state index in [1.165, 1.54) is 0 Å². The van der Waals surface area contributed by atoms with Crippen LogP contribution in [0.2, 0.25) is 0 Å². The predicted octanol–water partition coefficient (Wildman–Crippen LogP) is 3.69. The van der Waals surface area contributed by atoms with Crippen LogP contribution in [0, 0.1) is 13.8 Å². The molecule has 0 aliphatic carbocycles. The van der Waals surface area contributed by atoms with Crippen molar-refractivity contribution in [2.45, 2.75) is 13.8 Å². The Balaban J connectivity index is 0.000000158. The second-order valence-electron chi connectivity index (χ2n) is 4.95. The molecule has 0 bridgehead atoms. The van der Waals surface area contributed by atoms with Crippen LogP contribution in [0.1, 0.15) is 11.6 Å². The number of para-hydroxylation sites is 2. The van der Waals surface area contributed by atoms with Gasteiger partial charge in [0.1, 0.15) is 18.4 Å². The van der Waals surface area contributed by atoms with Crippen LogP contribution in [-0.4, -0.2) is 26.7 Å². The number of fused-ring (bicyclic) bond motifs is 2. The topological polar surface area (TPSA) is 68.6 Å². The first kappa shape index (κ1) is 17.1. The van der Waals surface area contributed by atoms with Crippen molar-refractivity contribution < 1.29 is 4.79 Å². The van der Waals surface area contributed by atoms with Crippen LogP contribution >= 0.6 is 0 Å². The average molecular weight is 318 g/mol. The van der Waals surface area contributed by atoms with E-state index < -0.39 is 0 Å². The molecule has 0 amide bonds. The summed E-state index contributed by atoms with van der Waals surface area (Å²) in [6.45, 7) is 5.79. The SMILES string of the molecule is C=O.Cc1ncc2ccccc2n1.Cc1ncc2ccccc2n1. The van der Waals surface area contributed by atoms with Crippen molar-refractivity contribution in [1.29, 1.82) is 0 Å². The van der Waals surface area contributed by atoms with Gasteiger partial charge in [-0.2, -0.15) is 0 Å². The van der Waals surface area contributed by atoms with Gasteiger partial charge >= 0.3 is 0 Å². The standard InChI is InChI=1S/2C9H8N2.CH2O/c2*1-7-10-6-8-4-2-3-5-9(8)11-7;1-2/h2*2-6H,1H3;1H2. The fourth-order valence-electron chi connectivity index (χ4n) is 2.13. The molecule has 4 rings (SSSR count). The molecule has 0 atom stereocenters. The summed E-state index contributed by atoms with van der Waals surface area (Å²) < 4.78 is 0. The van der Waals surface area contributed by atoms with Crippen LogP contribution in [0.4, 0.5) is 0 Å². The van der Waals surface area contributed by atoms with Gasteiger partial charge in [-0.3, -0.25) is 0 Å². The maximum atomic E-state index is 8.00. The van der Waals surface area contributed by atoms with E-state index in [2.05, 4.69) is 19.9 Å². The number of nitrogens with zero attached hydrogens (tertiary/aromatic N) is 4. The smallest absolute Gasteiger partial charge is 0.125 e. The maximum Gasteiger partial charge on any atom is 0.125 e. The van der Waals surface area contributed by atoms with Crippen LogP contribution < -0.4 is 0 Å². The summed E-state index contributed by atoms with van der Waals surface area (Å²) in [5.41, 5.74) is 2.03. The Hall–Kier alpha value is -3.21. The molecule has 0 N–H and O–H groups in total. The highest BCUT2D eigenvalue weighted by Crippen LogP contribution is 2.09. The summed E-state index contributed by atoms with van der Waals surface area (Å²) >= 11 is 0. The molecule has 24 heavy (non-hydrogen) atoms. The average Bonchev–Trinajstić information content (AvgIpc) is 2.64. The first-order valence-corrected chi connectivity index (χ1v) is 7.38. The monoisotopic (exact) mass is 318 g/mol. The van der Waals surface area contributed by atoms with E-state index in [0.717, 1.165) is 33.5 Å². The third-order valence-electron chi connectivity index (χ3n) is 3.22. The van der Waals surface area contributed by atoms with Crippen molar-refractivity contribution >= 4 is 28.6 Å². The van der Waals surface area contributed by atoms with Crippen molar-refractivity contribution in [3.8, 4) is 0 Å². The van der Waals surface area contributed by atoms with E-state index in [0.29, 0.717) is 0 Å². The lowest BCUT2D eigenvalue weighted by atomic mass is 10.2. The number of carbonyl (C=O) groups excluding carboxylic acids is 1. The van der Waals surface area contributed by atoms with Crippen LogP contribution in [0.3, 0.4) is 0 Å². The van der Waals surface area contributed by atoms with Crippen LogP contribution in [0.15, 0.2) is 60.9 Å². The predicted molar refractivity (Wildman–Crippen MR) is 95.7 cm³/mol. The molecule has 0 aliphatic rings. The second-order valence-corrected chi connectivity index (χ2v) is 4.95. The molecule has 0 fully saturated rings. The lowest BCUT2D eigenvalue weighted by Gasteiger charge is -1.95. The summed E-state index contributed by atoms with van der Waals surface area (Å²) in [5, 5.41) is 2.19. The van der Waals surface area contributed by atoms with Gasteiger partial charge in [0, 0.05) is 23.2 Å². The molecule has 4 aromatic rings. The van der Waals surface area contributed by atoms with Gasteiger partial charge in [-0.25, -0.2) is 19.9 Å². The molecule has 0 unspecified atom stereocenters. The Kier molecular flexibility index (Phi) is 6.02. The Morgan fingerprint density at radius 1 is 0.667 bits per heavy atom. The van der Waals surface area contributed by atoms with Crippen LogP contribution in [0.25, 0.3) is 21.8 Å². The highest BCUT2D eigenvalue weighted by atomic mass is 16.1. The fraction of sp³-hybridized carbons (Fsp3) is 0.105. The molecular formula is C19H18N4O. The molecule has 0 spiro atoms. The van der Waals surface area contributed by atoms with Crippen molar-refractivity contribution in [3.05, 3.63) is 72.6 Å². The highest BCUT2D eigenvalue weighted by Gasteiger charge is 1.93. The van der Waals surface area contributed by atoms with Gasteiger partial charge in [0.15, 0.2) is 0 Å². The third-order valence-corrected chi connectivity index (χ3v) is 3.22. The van der Waals surface area contributed by atoms with Crippen LogP contribution in [-0.2, 0) is 4.79 Å². The van der Waals surface area contributed by atoms with E-state index in [-0.39, 0.29) is 0 Å². The van der Waals surface area contributed by atoms with Crippen molar-refractivity contribution in [1.82, 2.24) is 19.9 Å². The molecule has 5 nitrogen and oxygen atoms in total. The zero-order valence-electron chi connectivity index (χ0n) is 13.7. The molecular weight excluding hydrogens is 300 g/mol. The van der Waals surface area contributed by atoms with Gasteiger partial charge in [-0.05, 0) is 26.0 Å². The number of aryl methyl sites for hydroxylation is 2. The van der Waals surface area contributed by atoms with Crippen molar-refractivity contribution in [2.75, 3.05) is 0 Å². The molecule has 0 aliphatic heterocycles. The van der Waals surface area contributed by atoms with Gasteiger partial charge < -0.3 is 4.79 Å². The van der Waals surface area contributed by atoms with Crippen LogP contribution in [0.5, 0.6) is 0 Å². The van der Waals surface area contributed by atoms with Gasteiger partial charge in [0.25, 0.3) is 0 Å². The summed E-state index contributed by atoms with van der Waals surface area (Å²) in [4.78, 5) is 24.7. The number of carbonyl (C=O) groups is 1. The Bertz CT molecular complexity index is 863. The highest BCUT2D eigenvalue weighted by molar-refractivity contribution is 5.77. The number of benzene rings is 2. The minimum atomic E-state index is 0.823. The van der Waals surface area contributed by atoms with E-state index in [4.69, 9.17) is 4.79 Å². The van der Waals surface area contributed by atoms with Crippen molar-refractivity contribution in [2.24, 2.45) is 0 Å². The van der Waals surface area contributed by atoms with Crippen molar-refractivity contribution in [3.63, 3.8) is 0 Å². The number of rotatable bonds is 0. The lowest BCUT2D eigenvalue weighted by Crippen LogP contribution is -1.86. The van der Waals surface area contributed by atoms with E-state index in [1.54, 1.807) is 0 Å². The van der Waals surface area contributed by atoms with Gasteiger partial charge in [-0.1, -0.05) is 36.4 Å². The normalized spacial score (nSPS) is 9.58. The number of hydrogen-bond donors (Lipinski definition) is 0. The van der Waals surface area contributed by atoms with Gasteiger partial charge in [0.2, 0.25) is 0 Å². The Labute approximate surface area is 140 Å². The lowest BCUT2D eigenvalue weighted by molar-refractivity contribution is -0.0979. The first-order valence-electron chi connectivity index (χ1n) is 7.38. The summed E-state index contributed by atoms with van der Waals surface area (Å²) in [7, 11) is 0. The van der Waals surface area contributed by atoms with E-state index in [1.807, 2.05) is 81.6 Å². The molecule has 120 valence electrons. The second kappa shape index (κ2) is 8.43. The first-order chi connectivity index (χ1) is 11.7. The minimum Gasteiger partial charge on any atom is -0.307 e. The van der Waals surface area contributed by atoms with Gasteiger partial charge in [0.05, 0.1) is 11.0 Å². The van der Waals surface area contributed by atoms with Gasteiger partial charge in [-0.15, -0.1) is 0 Å². The number of hydrogen-bond acceptors (Lipinski definition) is 5. The maximum absolute atomic E-state index is 8.00. The zero-order valence-corrected chi connectivity index (χ0v) is 13.7. The number of aromatic nitrogens is 4. The molecule has 0 saturated carbocycles. The third kappa shape index (κ3) is 4.39. The molecule has 0 saturated heterocycles. The van der Waals surface area contributed by atoms with E-state index in [9.17, 15) is 0 Å². The van der Waals surface area contributed by atoms with E-state index >= 15 is 0 Å². The summed E-state index contributed by atoms with van der Waals surface area (Å²) in [5.74, 6) is 1.65. The fourth-order valence-corrected chi connectivity index (χ4v) is 2.13. The Morgan fingerprint density at radius 3 is 1.46 bits per heavy atom. The molecule has 0 radical (unpaired) electrons.